The van der Waals surface area contributed by atoms with Crippen molar-refractivity contribution in [3.63, 3.8) is 0 Å². The van der Waals surface area contributed by atoms with E-state index in [-0.39, 0.29) is 12.5 Å². The third-order valence-corrected chi connectivity index (χ3v) is 4.45. The fourth-order valence-electron chi connectivity index (χ4n) is 2.81. The molecule has 0 aromatic heterocycles. The van der Waals surface area contributed by atoms with Gasteiger partial charge in [-0.1, -0.05) is 11.6 Å². The van der Waals surface area contributed by atoms with Crippen molar-refractivity contribution < 1.29 is 19.0 Å². The zero-order valence-electron chi connectivity index (χ0n) is 12.8. The molecule has 122 valence electrons. The zero-order valence-corrected chi connectivity index (χ0v) is 13.6. The minimum atomic E-state index is -1.48. The van der Waals surface area contributed by atoms with Crippen LogP contribution in [0.25, 0.3) is 0 Å². The van der Waals surface area contributed by atoms with E-state index in [2.05, 4.69) is 0 Å². The monoisotopic (exact) mass is 329 g/mol. The van der Waals surface area contributed by atoms with Crippen LogP contribution in [-0.4, -0.2) is 41.8 Å². The number of hydrogen-bond donors (Lipinski definition) is 1. The normalized spacial score (nSPS) is 18.8. The summed E-state index contributed by atoms with van der Waals surface area (Å²) < 4.78 is 19.0. The van der Waals surface area contributed by atoms with Crippen LogP contribution in [-0.2, 0) is 16.1 Å². The fraction of sp³-hybridized carbons (Fsp3) is 0.562. The number of nitrogens with zero attached hydrogens (tertiary/aromatic N) is 1. The maximum atomic E-state index is 13.8. The molecule has 0 saturated carbocycles. The molecule has 4 nitrogen and oxygen atoms in total. The summed E-state index contributed by atoms with van der Waals surface area (Å²) in [6.45, 7) is 2.67. The molecule has 1 N–H and O–H groups in total. The Balaban J connectivity index is 2.09. The standard InChI is InChI=1S/C16H21ClFNO3/c1-16(21,12-5-7-22-8-6-12)15(20)19(2)10-11-9-13(17)3-4-14(11)18/h3-4,9,12,21H,5-8,10H2,1-2H3. The first-order valence-corrected chi connectivity index (χ1v) is 7.69. The van der Waals surface area contributed by atoms with E-state index in [1.165, 1.54) is 30.0 Å². The van der Waals surface area contributed by atoms with Gasteiger partial charge >= 0.3 is 0 Å². The molecule has 1 aliphatic heterocycles. The van der Waals surface area contributed by atoms with Crippen LogP contribution in [0, 0.1) is 11.7 Å². The van der Waals surface area contributed by atoms with Gasteiger partial charge in [0.2, 0.25) is 0 Å². The second-order valence-electron chi connectivity index (χ2n) is 5.93. The molecule has 1 atom stereocenters. The zero-order chi connectivity index (χ0) is 16.3. The Morgan fingerprint density at radius 1 is 1.50 bits per heavy atom. The van der Waals surface area contributed by atoms with Crippen molar-refractivity contribution in [3.05, 3.63) is 34.6 Å². The van der Waals surface area contributed by atoms with Crippen LogP contribution in [0.5, 0.6) is 0 Å². The lowest BCUT2D eigenvalue weighted by Gasteiger charge is -2.36. The summed E-state index contributed by atoms with van der Waals surface area (Å²) >= 11 is 5.86. The van der Waals surface area contributed by atoms with E-state index >= 15 is 0 Å². The van der Waals surface area contributed by atoms with Crippen molar-refractivity contribution in [2.24, 2.45) is 5.92 Å². The molecular weight excluding hydrogens is 309 g/mol. The summed E-state index contributed by atoms with van der Waals surface area (Å²) in [4.78, 5) is 13.9. The minimum Gasteiger partial charge on any atom is -0.381 e. The quantitative estimate of drug-likeness (QED) is 0.923. The lowest BCUT2D eigenvalue weighted by atomic mass is 9.82. The smallest absolute Gasteiger partial charge is 0.254 e. The number of aliphatic hydroxyl groups is 1. The van der Waals surface area contributed by atoms with Crippen LogP contribution in [0.2, 0.25) is 5.02 Å². The predicted molar refractivity (Wildman–Crippen MR) is 82.1 cm³/mol. The molecule has 2 rings (SSSR count). The van der Waals surface area contributed by atoms with Gasteiger partial charge in [-0.3, -0.25) is 4.79 Å². The SMILES string of the molecule is CN(Cc1cc(Cl)ccc1F)C(=O)C(C)(O)C1CCOCC1. The van der Waals surface area contributed by atoms with E-state index in [0.29, 0.717) is 36.6 Å². The number of carbonyl (C=O) groups is 1. The third-order valence-electron chi connectivity index (χ3n) is 4.21. The van der Waals surface area contributed by atoms with Gasteiger partial charge in [0, 0.05) is 43.3 Å². The van der Waals surface area contributed by atoms with Crippen LogP contribution in [0.1, 0.15) is 25.3 Å². The van der Waals surface area contributed by atoms with Gasteiger partial charge in [0.1, 0.15) is 11.4 Å². The molecule has 0 radical (unpaired) electrons. The van der Waals surface area contributed by atoms with Gasteiger partial charge in [-0.2, -0.15) is 0 Å². The number of halogens is 2. The second-order valence-corrected chi connectivity index (χ2v) is 6.37. The van der Waals surface area contributed by atoms with Gasteiger partial charge in [-0.05, 0) is 38.0 Å². The Morgan fingerprint density at radius 3 is 2.77 bits per heavy atom. The van der Waals surface area contributed by atoms with Crippen LogP contribution < -0.4 is 0 Å². The van der Waals surface area contributed by atoms with Crippen LogP contribution in [0.15, 0.2) is 18.2 Å². The average molecular weight is 330 g/mol. The maximum absolute atomic E-state index is 13.8. The molecule has 1 aromatic carbocycles. The molecule has 6 heteroatoms. The van der Waals surface area contributed by atoms with Gasteiger partial charge in [0.25, 0.3) is 5.91 Å². The molecule has 1 amide bonds. The first-order chi connectivity index (χ1) is 10.3. The topological polar surface area (TPSA) is 49.8 Å². The third kappa shape index (κ3) is 3.77. The summed E-state index contributed by atoms with van der Waals surface area (Å²) in [5.41, 5.74) is -1.15. The number of benzene rings is 1. The van der Waals surface area contributed by atoms with E-state index in [4.69, 9.17) is 16.3 Å². The summed E-state index contributed by atoms with van der Waals surface area (Å²) in [7, 11) is 1.55. The van der Waals surface area contributed by atoms with Gasteiger partial charge in [-0.25, -0.2) is 4.39 Å². The van der Waals surface area contributed by atoms with Crippen molar-refractivity contribution in [1.82, 2.24) is 4.90 Å². The molecule has 22 heavy (non-hydrogen) atoms. The first kappa shape index (κ1) is 17.2. The van der Waals surface area contributed by atoms with Gasteiger partial charge < -0.3 is 14.7 Å². The molecule has 0 aliphatic carbocycles. The highest BCUT2D eigenvalue weighted by Gasteiger charge is 2.41. The average Bonchev–Trinajstić information content (AvgIpc) is 2.51. The van der Waals surface area contributed by atoms with Crippen molar-refractivity contribution in [1.29, 1.82) is 0 Å². The minimum absolute atomic E-state index is 0.0601. The highest BCUT2D eigenvalue weighted by atomic mass is 35.5. The summed E-state index contributed by atoms with van der Waals surface area (Å²) in [6.07, 6.45) is 1.27. The summed E-state index contributed by atoms with van der Waals surface area (Å²) in [5.74, 6) is -0.992. The first-order valence-electron chi connectivity index (χ1n) is 7.32. The van der Waals surface area contributed by atoms with Gasteiger partial charge in [0.15, 0.2) is 0 Å². The van der Waals surface area contributed by atoms with E-state index < -0.39 is 17.3 Å². The van der Waals surface area contributed by atoms with Gasteiger partial charge in [0.05, 0.1) is 0 Å². The Kier molecular flexibility index (Phi) is 5.42. The maximum Gasteiger partial charge on any atom is 0.254 e. The number of amides is 1. The van der Waals surface area contributed by atoms with Crippen molar-refractivity contribution in [2.75, 3.05) is 20.3 Å². The van der Waals surface area contributed by atoms with E-state index in [1.807, 2.05) is 0 Å². The number of carbonyl (C=O) groups excluding carboxylic acids is 1. The molecular formula is C16H21ClFNO3. The van der Waals surface area contributed by atoms with E-state index in [1.54, 1.807) is 7.05 Å². The fourth-order valence-corrected chi connectivity index (χ4v) is 3.01. The largest absolute Gasteiger partial charge is 0.381 e. The van der Waals surface area contributed by atoms with E-state index in [9.17, 15) is 14.3 Å². The second kappa shape index (κ2) is 6.94. The van der Waals surface area contributed by atoms with Crippen molar-refractivity contribution >= 4 is 17.5 Å². The van der Waals surface area contributed by atoms with Crippen LogP contribution in [0.4, 0.5) is 4.39 Å². The molecule has 1 unspecified atom stereocenters. The number of likely N-dealkylation sites (N-methyl/N-ethyl adjacent to an activating group) is 1. The molecule has 1 saturated heterocycles. The summed E-state index contributed by atoms with van der Waals surface area (Å²) in [5, 5.41) is 11.0. The van der Waals surface area contributed by atoms with Crippen molar-refractivity contribution in [2.45, 2.75) is 31.9 Å². The molecule has 0 bridgehead atoms. The molecule has 1 heterocycles. The molecule has 1 aliphatic rings. The number of rotatable bonds is 4. The molecule has 1 fully saturated rings. The Bertz CT molecular complexity index is 544. The number of ether oxygens (including phenoxy) is 1. The van der Waals surface area contributed by atoms with E-state index in [0.717, 1.165) is 0 Å². The summed E-state index contributed by atoms with van der Waals surface area (Å²) in [6, 6.07) is 4.22. The lowest BCUT2D eigenvalue weighted by molar-refractivity contribution is -0.158. The highest BCUT2D eigenvalue weighted by molar-refractivity contribution is 6.30. The van der Waals surface area contributed by atoms with Crippen molar-refractivity contribution in [3.8, 4) is 0 Å². The Hall–Kier alpha value is -1.17. The van der Waals surface area contributed by atoms with Gasteiger partial charge in [-0.15, -0.1) is 0 Å². The molecule has 0 spiro atoms. The predicted octanol–water partition coefficient (Wildman–Crippen LogP) is 2.62. The molecule has 1 aromatic rings. The Morgan fingerprint density at radius 2 is 2.14 bits per heavy atom. The Labute approximate surface area is 134 Å². The van der Waals surface area contributed by atoms with Crippen LogP contribution >= 0.6 is 11.6 Å². The van der Waals surface area contributed by atoms with Crippen LogP contribution in [0.3, 0.4) is 0 Å². The number of hydrogen-bond acceptors (Lipinski definition) is 3. The highest BCUT2D eigenvalue weighted by Crippen LogP contribution is 2.29. The lowest BCUT2D eigenvalue weighted by Crippen LogP contribution is -2.51.